The molecule has 80 valence electrons. The maximum atomic E-state index is 5.46. The number of unbranched alkanes of at least 4 members (excludes halogenated alkanes) is 2. The van der Waals surface area contributed by atoms with Crippen molar-refractivity contribution >= 4 is 10.9 Å². The van der Waals surface area contributed by atoms with Crippen LogP contribution in [-0.4, -0.2) is 11.5 Å². The van der Waals surface area contributed by atoms with E-state index in [1.54, 1.807) is 0 Å². The molecule has 2 nitrogen and oxygen atoms in total. The molecule has 0 fully saturated rings. The van der Waals surface area contributed by atoms with Crippen LogP contribution >= 0.6 is 0 Å². The van der Waals surface area contributed by atoms with Gasteiger partial charge in [-0.1, -0.05) is 24.6 Å². The largest absolute Gasteiger partial charge is 0.358 e. The van der Waals surface area contributed by atoms with Crippen molar-refractivity contribution in [2.24, 2.45) is 5.73 Å². The zero-order valence-electron chi connectivity index (χ0n) is 9.00. The predicted molar refractivity (Wildman–Crippen MR) is 64.9 cm³/mol. The van der Waals surface area contributed by atoms with Crippen molar-refractivity contribution in [2.75, 3.05) is 6.54 Å². The third kappa shape index (κ3) is 2.60. The molecule has 1 aromatic heterocycles. The number of nitrogens with two attached hydrogens (primary N) is 1. The van der Waals surface area contributed by atoms with Crippen LogP contribution in [0.2, 0.25) is 0 Å². The van der Waals surface area contributed by atoms with Gasteiger partial charge in [0.1, 0.15) is 0 Å². The smallest absolute Gasteiger partial charge is 0.0456 e. The van der Waals surface area contributed by atoms with Gasteiger partial charge in [0.2, 0.25) is 0 Å². The number of benzene rings is 1. The van der Waals surface area contributed by atoms with E-state index < -0.39 is 0 Å². The van der Waals surface area contributed by atoms with Crippen LogP contribution in [0, 0.1) is 0 Å². The Bertz CT molecular complexity index is 384. The number of rotatable bonds is 5. The molecule has 2 rings (SSSR count). The minimum atomic E-state index is 0.812. The highest BCUT2D eigenvalue weighted by Crippen LogP contribution is 2.16. The fourth-order valence-electron chi connectivity index (χ4n) is 1.90. The molecule has 1 heterocycles. The number of aromatic amines is 1. The maximum Gasteiger partial charge on any atom is 0.0456 e. The molecule has 0 amide bonds. The molecule has 3 N–H and O–H groups in total. The Balaban J connectivity index is 1.97. The van der Waals surface area contributed by atoms with Crippen molar-refractivity contribution in [3.8, 4) is 0 Å². The molecule has 0 aliphatic heterocycles. The SMILES string of the molecule is NCCCCCc1cc2ccccc2[nH]1. The van der Waals surface area contributed by atoms with Gasteiger partial charge in [-0.15, -0.1) is 0 Å². The molecule has 2 heteroatoms. The fraction of sp³-hybridized carbons (Fsp3) is 0.385. The minimum Gasteiger partial charge on any atom is -0.358 e. The Morgan fingerprint density at radius 2 is 1.93 bits per heavy atom. The highest BCUT2D eigenvalue weighted by atomic mass is 14.7. The second-order valence-electron chi connectivity index (χ2n) is 3.98. The van der Waals surface area contributed by atoms with E-state index in [-0.39, 0.29) is 0 Å². The Kier molecular flexibility index (Phi) is 3.41. The molecule has 1 aromatic carbocycles. The number of hydrogen-bond donors (Lipinski definition) is 2. The summed E-state index contributed by atoms with van der Waals surface area (Å²) in [4.78, 5) is 3.44. The fourth-order valence-corrected chi connectivity index (χ4v) is 1.90. The predicted octanol–water partition coefficient (Wildman–Crippen LogP) is 2.84. The first-order chi connectivity index (χ1) is 7.40. The van der Waals surface area contributed by atoms with Crippen LogP contribution in [0.3, 0.4) is 0 Å². The normalized spacial score (nSPS) is 11.0. The lowest BCUT2D eigenvalue weighted by Crippen LogP contribution is -1.98. The van der Waals surface area contributed by atoms with Gasteiger partial charge in [-0.25, -0.2) is 0 Å². The molecular weight excluding hydrogens is 184 g/mol. The van der Waals surface area contributed by atoms with Crippen molar-refractivity contribution in [3.63, 3.8) is 0 Å². The third-order valence-electron chi connectivity index (χ3n) is 2.74. The van der Waals surface area contributed by atoms with Crippen LogP contribution in [0.25, 0.3) is 10.9 Å². The third-order valence-corrected chi connectivity index (χ3v) is 2.74. The average molecular weight is 202 g/mol. The Morgan fingerprint density at radius 3 is 2.73 bits per heavy atom. The van der Waals surface area contributed by atoms with Gasteiger partial charge in [-0.3, -0.25) is 0 Å². The summed E-state index contributed by atoms with van der Waals surface area (Å²) in [5.41, 5.74) is 8.04. The number of para-hydroxylation sites is 1. The molecule has 0 radical (unpaired) electrons. The molecule has 0 spiro atoms. The minimum absolute atomic E-state index is 0.812. The second kappa shape index (κ2) is 4.99. The molecule has 0 atom stereocenters. The van der Waals surface area contributed by atoms with Crippen LogP contribution in [0.15, 0.2) is 30.3 Å². The van der Waals surface area contributed by atoms with Crippen molar-refractivity contribution in [3.05, 3.63) is 36.0 Å². The van der Waals surface area contributed by atoms with Gasteiger partial charge in [0.25, 0.3) is 0 Å². The highest BCUT2D eigenvalue weighted by Gasteiger charge is 1.99. The van der Waals surface area contributed by atoms with Crippen molar-refractivity contribution in [1.29, 1.82) is 0 Å². The number of fused-ring (bicyclic) bond motifs is 1. The molecule has 0 bridgehead atoms. The quantitative estimate of drug-likeness (QED) is 0.719. The van der Waals surface area contributed by atoms with Crippen LogP contribution in [0.1, 0.15) is 25.0 Å². The van der Waals surface area contributed by atoms with Gasteiger partial charge >= 0.3 is 0 Å². The van der Waals surface area contributed by atoms with Crippen LogP contribution in [-0.2, 0) is 6.42 Å². The van der Waals surface area contributed by atoms with Crippen molar-refractivity contribution in [2.45, 2.75) is 25.7 Å². The number of aromatic nitrogens is 1. The second-order valence-corrected chi connectivity index (χ2v) is 3.98. The Hall–Kier alpha value is -1.28. The van der Waals surface area contributed by atoms with Crippen molar-refractivity contribution in [1.82, 2.24) is 4.98 Å². The molecule has 0 unspecified atom stereocenters. The average Bonchev–Trinajstić information content (AvgIpc) is 2.67. The summed E-state index contributed by atoms with van der Waals surface area (Å²) >= 11 is 0. The van der Waals surface area contributed by atoms with Gasteiger partial charge < -0.3 is 10.7 Å². The van der Waals surface area contributed by atoms with E-state index in [1.165, 1.54) is 29.4 Å². The molecule has 0 saturated carbocycles. The molecular formula is C13H18N2. The molecule has 0 aliphatic rings. The molecule has 2 aromatic rings. The summed E-state index contributed by atoms with van der Waals surface area (Å²) in [5, 5.41) is 1.31. The van der Waals surface area contributed by atoms with E-state index in [4.69, 9.17) is 5.73 Å². The van der Waals surface area contributed by atoms with Gasteiger partial charge in [0.15, 0.2) is 0 Å². The molecule has 0 aliphatic carbocycles. The first-order valence-corrected chi connectivity index (χ1v) is 5.67. The lowest BCUT2D eigenvalue weighted by Gasteiger charge is -1.96. The summed E-state index contributed by atoms with van der Waals surface area (Å²) in [6.07, 6.45) is 4.73. The summed E-state index contributed by atoms with van der Waals surface area (Å²) < 4.78 is 0. The van der Waals surface area contributed by atoms with Crippen molar-refractivity contribution < 1.29 is 0 Å². The van der Waals surface area contributed by atoms with E-state index in [2.05, 4.69) is 35.3 Å². The summed E-state index contributed by atoms with van der Waals surface area (Å²) in [5.74, 6) is 0. The van der Waals surface area contributed by atoms with E-state index in [9.17, 15) is 0 Å². The van der Waals surface area contributed by atoms with E-state index in [1.807, 2.05) is 0 Å². The number of aryl methyl sites for hydroxylation is 1. The summed E-state index contributed by atoms with van der Waals surface area (Å²) in [6, 6.07) is 10.7. The lowest BCUT2D eigenvalue weighted by molar-refractivity contribution is 0.681. The molecule has 0 saturated heterocycles. The van der Waals surface area contributed by atoms with Gasteiger partial charge in [0, 0.05) is 11.2 Å². The van der Waals surface area contributed by atoms with E-state index in [0.29, 0.717) is 0 Å². The number of hydrogen-bond acceptors (Lipinski definition) is 1. The zero-order valence-corrected chi connectivity index (χ0v) is 9.00. The lowest BCUT2D eigenvalue weighted by atomic mass is 10.1. The topological polar surface area (TPSA) is 41.8 Å². The Morgan fingerprint density at radius 1 is 1.07 bits per heavy atom. The first kappa shape index (κ1) is 10.2. The zero-order chi connectivity index (χ0) is 10.5. The maximum absolute atomic E-state index is 5.46. The summed E-state index contributed by atoms with van der Waals surface area (Å²) in [6.45, 7) is 0.812. The Labute approximate surface area is 90.5 Å². The first-order valence-electron chi connectivity index (χ1n) is 5.67. The monoisotopic (exact) mass is 202 g/mol. The number of nitrogens with one attached hydrogen (secondary N) is 1. The number of H-pyrrole nitrogens is 1. The highest BCUT2D eigenvalue weighted by molar-refractivity contribution is 5.80. The van der Waals surface area contributed by atoms with Crippen LogP contribution in [0.4, 0.5) is 0 Å². The molecule has 15 heavy (non-hydrogen) atoms. The van der Waals surface area contributed by atoms with Gasteiger partial charge in [-0.2, -0.15) is 0 Å². The van der Waals surface area contributed by atoms with Gasteiger partial charge in [-0.05, 0) is 43.3 Å². The van der Waals surface area contributed by atoms with Crippen LogP contribution < -0.4 is 5.73 Å². The van der Waals surface area contributed by atoms with Gasteiger partial charge in [0.05, 0.1) is 0 Å². The van der Waals surface area contributed by atoms with E-state index >= 15 is 0 Å². The standard InChI is InChI=1S/C13H18N2/c14-9-5-1-2-7-12-10-11-6-3-4-8-13(11)15-12/h3-4,6,8,10,15H,1-2,5,7,9,14H2. The van der Waals surface area contributed by atoms with E-state index in [0.717, 1.165) is 19.4 Å². The van der Waals surface area contributed by atoms with Crippen LogP contribution in [0.5, 0.6) is 0 Å². The summed E-state index contributed by atoms with van der Waals surface area (Å²) in [7, 11) is 0.